The van der Waals surface area contributed by atoms with Gasteiger partial charge in [0.2, 0.25) is 5.91 Å². The van der Waals surface area contributed by atoms with Gasteiger partial charge in [-0.1, -0.05) is 0 Å². The number of carbonyl (C=O) groups excluding carboxylic acids is 2. The third-order valence-electron chi connectivity index (χ3n) is 6.79. The first kappa shape index (κ1) is 19.4. The van der Waals surface area contributed by atoms with E-state index >= 15 is 0 Å². The van der Waals surface area contributed by atoms with Gasteiger partial charge < -0.3 is 14.5 Å². The number of aromatic nitrogens is 1. The van der Waals surface area contributed by atoms with Gasteiger partial charge in [0.15, 0.2) is 0 Å². The van der Waals surface area contributed by atoms with Crippen molar-refractivity contribution in [1.82, 2.24) is 14.8 Å². The Morgan fingerprint density at radius 2 is 2.07 bits per heavy atom. The van der Waals surface area contributed by atoms with Crippen LogP contribution in [0.15, 0.2) is 12.3 Å². The Morgan fingerprint density at radius 1 is 1.29 bits per heavy atom. The third kappa shape index (κ3) is 3.93. The average molecular weight is 386 g/mol. The zero-order valence-electron chi connectivity index (χ0n) is 17.1. The summed E-state index contributed by atoms with van der Waals surface area (Å²) in [5, 5.41) is 0. The van der Waals surface area contributed by atoms with Crippen LogP contribution in [-0.2, 0) is 9.53 Å². The fourth-order valence-corrected chi connectivity index (χ4v) is 4.99. The molecule has 0 saturated carbocycles. The van der Waals surface area contributed by atoms with Crippen LogP contribution in [-0.4, -0.2) is 65.5 Å². The number of hydrogen-bond donors (Lipinski definition) is 0. The molecule has 0 unspecified atom stereocenters. The van der Waals surface area contributed by atoms with Gasteiger partial charge in [-0.25, -0.2) is 0 Å². The van der Waals surface area contributed by atoms with Gasteiger partial charge >= 0.3 is 0 Å². The summed E-state index contributed by atoms with van der Waals surface area (Å²) in [6, 6.07) is 1.97. The van der Waals surface area contributed by atoms with Crippen molar-refractivity contribution in [2.75, 3.05) is 32.8 Å². The summed E-state index contributed by atoms with van der Waals surface area (Å²) >= 11 is 0. The number of ether oxygens (including phenoxy) is 1. The van der Waals surface area contributed by atoms with E-state index in [0.717, 1.165) is 76.1 Å². The Balaban J connectivity index is 1.38. The fourth-order valence-electron chi connectivity index (χ4n) is 4.99. The highest BCUT2D eigenvalue weighted by atomic mass is 16.5. The molecule has 0 aliphatic carbocycles. The molecule has 3 saturated heterocycles. The van der Waals surface area contributed by atoms with E-state index in [2.05, 4.69) is 4.98 Å². The lowest BCUT2D eigenvalue weighted by molar-refractivity contribution is -0.141. The van der Waals surface area contributed by atoms with Crippen LogP contribution >= 0.6 is 0 Å². The van der Waals surface area contributed by atoms with Gasteiger partial charge in [-0.2, -0.15) is 0 Å². The van der Waals surface area contributed by atoms with Crippen molar-refractivity contribution in [2.45, 2.75) is 58.5 Å². The molecular formula is C22H31N3O3. The number of amides is 2. The molecular weight excluding hydrogens is 354 g/mol. The second-order valence-electron chi connectivity index (χ2n) is 8.84. The van der Waals surface area contributed by atoms with Crippen molar-refractivity contribution in [3.8, 4) is 0 Å². The second-order valence-corrected chi connectivity index (χ2v) is 8.84. The molecule has 3 aliphatic rings. The maximum absolute atomic E-state index is 13.0. The molecule has 1 aromatic heterocycles. The van der Waals surface area contributed by atoms with E-state index < -0.39 is 0 Å². The van der Waals surface area contributed by atoms with Crippen molar-refractivity contribution >= 4 is 11.8 Å². The van der Waals surface area contributed by atoms with E-state index in [1.165, 1.54) is 0 Å². The van der Waals surface area contributed by atoms with E-state index in [1.54, 1.807) is 6.20 Å². The Hall–Kier alpha value is -1.95. The molecule has 1 aromatic rings. The van der Waals surface area contributed by atoms with Gasteiger partial charge in [0.1, 0.15) is 0 Å². The van der Waals surface area contributed by atoms with Crippen LogP contribution in [0.3, 0.4) is 0 Å². The molecule has 0 radical (unpaired) electrons. The van der Waals surface area contributed by atoms with Gasteiger partial charge in [0.05, 0.1) is 11.7 Å². The van der Waals surface area contributed by atoms with Crippen molar-refractivity contribution in [3.05, 3.63) is 29.1 Å². The maximum atomic E-state index is 13.0. The number of carbonyl (C=O) groups is 2. The monoisotopic (exact) mass is 385 g/mol. The van der Waals surface area contributed by atoms with Crippen molar-refractivity contribution in [2.24, 2.45) is 5.41 Å². The maximum Gasteiger partial charge on any atom is 0.255 e. The summed E-state index contributed by atoms with van der Waals surface area (Å²) < 4.78 is 5.74. The minimum absolute atomic E-state index is 0.0861. The molecule has 2 amide bonds. The lowest BCUT2D eigenvalue weighted by atomic mass is 9.72. The predicted octanol–water partition coefficient (Wildman–Crippen LogP) is 2.72. The smallest absolute Gasteiger partial charge is 0.255 e. The van der Waals surface area contributed by atoms with E-state index in [-0.39, 0.29) is 23.3 Å². The second kappa shape index (κ2) is 7.82. The first-order valence-electron chi connectivity index (χ1n) is 10.6. The molecule has 3 aliphatic heterocycles. The largest absolute Gasteiger partial charge is 0.376 e. The van der Waals surface area contributed by atoms with Gasteiger partial charge in [-0.3, -0.25) is 14.6 Å². The number of hydrogen-bond acceptors (Lipinski definition) is 4. The molecule has 6 nitrogen and oxygen atoms in total. The van der Waals surface area contributed by atoms with Crippen LogP contribution in [0.5, 0.6) is 0 Å². The van der Waals surface area contributed by atoms with Crippen LogP contribution in [0.2, 0.25) is 0 Å². The highest BCUT2D eigenvalue weighted by Gasteiger charge is 2.42. The summed E-state index contributed by atoms with van der Waals surface area (Å²) in [4.78, 5) is 33.7. The third-order valence-corrected chi connectivity index (χ3v) is 6.79. The SMILES string of the molecule is Cc1cc(C)c(C(=O)N2CCC3(CCC(=O)N(C[C@H]4CCCO4)C3)CC2)cn1. The molecule has 28 heavy (non-hydrogen) atoms. The van der Waals surface area contributed by atoms with Crippen LogP contribution in [0.25, 0.3) is 0 Å². The number of pyridine rings is 1. The van der Waals surface area contributed by atoms with Gasteiger partial charge in [-0.15, -0.1) is 0 Å². The van der Waals surface area contributed by atoms with Crippen molar-refractivity contribution in [1.29, 1.82) is 0 Å². The Kier molecular flexibility index (Phi) is 5.41. The summed E-state index contributed by atoms with van der Waals surface area (Å²) in [5.74, 6) is 0.351. The minimum atomic E-state index is 0.0861. The van der Waals surface area contributed by atoms with Gasteiger partial charge in [0, 0.05) is 51.1 Å². The molecule has 3 fully saturated rings. The first-order valence-corrected chi connectivity index (χ1v) is 10.6. The van der Waals surface area contributed by atoms with E-state index in [1.807, 2.05) is 29.7 Å². The van der Waals surface area contributed by atoms with Crippen LogP contribution in [0.1, 0.15) is 60.1 Å². The number of likely N-dealkylation sites (tertiary alicyclic amines) is 2. The summed E-state index contributed by atoms with van der Waals surface area (Å²) in [6.45, 7) is 7.81. The molecule has 0 aromatic carbocycles. The zero-order valence-corrected chi connectivity index (χ0v) is 17.1. The first-order chi connectivity index (χ1) is 13.5. The lowest BCUT2D eigenvalue weighted by Crippen LogP contribution is -2.53. The molecule has 6 heteroatoms. The van der Waals surface area contributed by atoms with E-state index in [4.69, 9.17) is 4.74 Å². The Labute approximate surface area is 167 Å². The highest BCUT2D eigenvalue weighted by Crippen LogP contribution is 2.40. The molecule has 4 heterocycles. The normalized spacial score (nSPS) is 24.8. The molecule has 0 N–H and O–H groups in total. The van der Waals surface area contributed by atoms with Gasteiger partial charge in [-0.05, 0) is 63.0 Å². The molecule has 1 atom stereocenters. The minimum Gasteiger partial charge on any atom is -0.376 e. The summed E-state index contributed by atoms with van der Waals surface area (Å²) in [6.07, 6.45) is 7.57. The van der Waals surface area contributed by atoms with Crippen LogP contribution < -0.4 is 0 Å². The average Bonchev–Trinajstić information content (AvgIpc) is 3.18. The topological polar surface area (TPSA) is 62.7 Å². The Bertz CT molecular complexity index is 749. The molecule has 0 bridgehead atoms. The molecule has 152 valence electrons. The number of piperidine rings is 2. The summed E-state index contributed by atoms with van der Waals surface area (Å²) in [7, 11) is 0. The van der Waals surface area contributed by atoms with Gasteiger partial charge in [0.25, 0.3) is 5.91 Å². The van der Waals surface area contributed by atoms with Crippen LogP contribution in [0, 0.1) is 19.3 Å². The highest BCUT2D eigenvalue weighted by molar-refractivity contribution is 5.95. The fraction of sp³-hybridized carbons (Fsp3) is 0.682. The standard InChI is InChI=1S/C22H31N3O3/c1-16-12-17(2)23-13-19(16)21(27)24-9-7-22(8-10-24)6-5-20(26)25(15-22)14-18-4-3-11-28-18/h12-13,18H,3-11,14-15H2,1-2H3/t18-/m1/s1. The van der Waals surface area contributed by atoms with E-state index in [0.29, 0.717) is 12.0 Å². The lowest BCUT2D eigenvalue weighted by Gasteiger charge is -2.47. The van der Waals surface area contributed by atoms with Crippen molar-refractivity contribution < 1.29 is 14.3 Å². The number of aryl methyl sites for hydroxylation is 2. The van der Waals surface area contributed by atoms with Crippen LogP contribution in [0.4, 0.5) is 0 Å². The predicted molar refractivity (Wildman–Crippen MR) is 106 cm³/mol. The number of rotatable bonds is 3. The van der Waals surface area contributed by atoms with E-state index in [9.17, 15) is 9.59 Å². The Morgan fingerprint density at radius 3 is 2.75 bits per heavy atom. The molecule has 1 spiro atoms. The molecule has 4 rings (SSSR count). The van der Waals surface area contributed by atoms with Crippen molar-refractivity contribution in [3.63, 3.8) is 0 Å². The zero-order chi connectivity index (χ0) is 19.7. The number of nitrogens with zero attached hydrogens (tertiary/aromatic N) is 3. The quantitative estimate of drug-likeness (QED) is 0.803. The summed E-state index contributed by atoms with van der Waals surface area (Å²) in [5.41, 5.74) is 2.79.